The minimum atomic E-state index is 0.619. The third kappa shape index (κ3) is 2.25. The van der Waals surface area contributed by atoms with Crippen LogP contribution in [-0.2, 0) is 6.42 Å². The highest BCUT2D eigenvalue weighted by atomic mass is 32.2. The molecule has 0 fully saturated rings. The maximum atomic E-state index is 2.38. The summed E-state index contributed by atoms with van der Waals surface area (Å²) in [6, 6.07) is 9.32. The quantitative estimate of drug-likeness (QED) is 0.382. The van der Waals surface area contributed by atoms with E-state index in [2.05, 4.69) is 43.5 Å². The molecule has 0 bridgehead atoms. The zero-order valence-corrected chi connectivity index (χ0v) is 14.6. The summed E-state index contributed by atoms with van der Waals surface area (Å²) in [5.41, 5.74) is 0. The molecule has 0 aliphatic heterocycles. The Morgan fingerprint density at radius 1 is 1.05 bits per heavy atom. The summed E-state index contributed by atoms with van der Waals surface area (Å²) in [4.78, 5) is 4.47. The van der Waals surface area contributed by atoms with Crippen LogP contribution in [0.1, 0.15) is 27.5 Å². The van der Waals surface area contributed by atoms with Crippen molar-refractivity contribution in [2.45, 2.75) is 26.2 Å². The van der Waals surface area contributed by atoms with Gasteiger partial charge >= 0.3 is 0 Å². The van der Waals surface area contributed by atoms with E-state index in [4.69, 9.17) is 0 Å². The zero-order valence-electron chi connectivity index (χ0n) is 11.3. The monoisotopic (exact) mass is 334 g/mol. The number of rotatable bonds is 3. The molecule has 102 valence electrons. The molecule has 0 saturated heterocycles. The Morgan fingerprint density at radius 2 is 1.95 bits per heavy atom. The Hall–Kier alpha value is -0.680. The SMILES string of the molecule is Cc1cc2cc(CC(C)c3cc4sccc4s3)sc2s1. The molecule has 0 aliphatic carbocycles. The summed E-state index contributed by atoms with van der Waals surface area (Å²) in [7, 11) is 0. The largest absolute Gasteiger partial charge is 0.143 e. The Morgan fingerprint density at radius 3 is 2.75 bits per heavy atom. The molecule has 4 aromatic rings. The van der Waals surface area contributed by atoms with Gasteiger partial charge in [0.1, 0.15) is 0 Å². The van der Waals surface area contributed by atoms with Crippen molar-refractivity contribution in [3.8, 4) is 0 Å². The Balaban J connectivity index is 1.60. The smallest absolute Gasteiger partial charge is 0.0870 e. The molecule has 0 N–H and O–H groups in total. The van der Waals surface area contributed by atoms with E-state index >= 15 is 0 Å². The second kappa shape index (κ2) is 4.95. The van der Waals surface area contributed by atoms with Gasteiger partial charge < -0.3 is 0 Å². The number of aryl methyl sites for hydroxylation is 1. The first-order valence-corrected chi connectivity index (χ1v) is 9.98. The number of hydrogen-bond donors (Lipinski definition) is 0. The fourth-order valence-electron chi connectivity index (χ4n) is 2.55. The lowest BCUT2D eigenvalue weighted by Crippen LogP contribution is -1.93. The zero-order chi connectivity index (χ0) is 13.7. The number of hydrogen-bond acceptors (Lipinski definition) is 4. The molecule has 0 saturated carbocycles. The first kappa shape index (κ1) is 13.0. The lowest BCUT2D eigenvalue weighted by Gasteiger charge is -2.06. The molecule has 1 unspecified atom stereocenters. The van der Waals surface area contributed by atoms with Gasteiger partial charge in [0.05, 0.1) is 4.01 Å². The van der Waals surface area contributed by atoms with Crippen LogP contribution in [0.4, 0.5) is 0 Å². The standard InChI is InChI=1S/C16H14S4/c1-9(14-8-15-13(20-14)3-4-17-15)5-12-7-11-6-10(2)18-16(11)19-12/h3-4,6-9H,5H2,1-2H3. The van der Waals surface area contributed by atoms with Gasteiger partial charge in [0.15, 0.2) is 0 Å². The average Bonchev–Trinajstić information content (AvgIpc) is 3.05. The molecule has 0 nitrogen and oxygen atoms in total. The van der Waals surface area contributed by atoms with Crippen molar-refractivity contribution in [1.29, 1.82) is 0 Å². The van der Waals surface area contributed by atoms with Crippen LogP contribution in [0.15, 0.2) is 29.6 Å². The second-order valence-corrected chi connectivity index (χ2v) is 9.93. The van der Waals surface area contributed by atoms with Crippen LogP contribution >= 0.6 is 45.3 Å². The molecule has 0 radical (unpaired) electrons. The Labute approximate surface area is 134 Å². The van der Waals surface area contributed by atoms with Gasteiger partial charge in [-0.05, 0) is 48.9 Å². The Kier molecular flexibility index (Phi) is 3.22. The van der Waals surface area contributed by atoms with Crippen molar-refractivity contribution >= 4 is 64.1 Å². The summed E-state index contributed by atoms with van der Waals surface area (Å²) in [6.07, 6.45) is 1.17. The highest BCUT2D eigenvalue weighted by molar-refractivity contribution is 7.38. The first-order chi connectivity index (χ1) is 9.69. The summed E-state index contributed by atoms with van der Waals surface area (Å²) >= 11 is 7.71. The average molecular weight is 335 g/mol. The third-order valence-electron chi connectivity index (χ3n) is 3.54. The van der Waals surface area contributed by atoms with E-state index in [1.165, 1.54) is 39.9 Å². The van der Waals surface area contributed by atoms with E-state index in [-0.39, 0.29) is 0 Å². The number of fused-ring (bicyclic) bond motifs is 2. The van der Waals surface area contributed by atoms with Crippen LogP contribution in [0.3, 0.4) is 0 Å². The van der Waals surface area contributed by atoms with E-state index in [0.717, 1.165) is 0 Å². The maximum absolute atomic E-state index is 2.38. The van der Waals surface area contributed by atoms with E-state index in [1.54, 1.807) is 0 Å². The first-order valence-electron chi connectivity index (χ1n) is 6.65. The van der Waals surface area contributed by atoms with Gasteiger partial charge in [0.25, 0.3) is 0 Å². The highest BCUT2D eigenvalue weighted by Gasteiger charge is 2.13. The third-order valence-corrected chi connectivity index (χ3v) is 8.19. The van der Waals surface area contributed by atoms with Crippen LogP contribution in [-0.4, -0.2) is 0 Å². The van der Waals surface area contributed by atoms with Gasteiger partial charge in [-0.25, -0.2) is 0 Å². The van der Waals surface area contributed by atoms with Gasteiger partial charge in [0.2, 0.25) is 0 Å². The van der Waals surface area contributed by atoms with E-state index < -0.39 is 0 Å². The molecular weight excluding hydrogens is 320 g/mol. The highest BCUT2D eigenvalue weighted by Crippen LogP contribution is 2.38. The molecule has 4 rings (SSSR count). The summed E-state index contributed by atoms with van der Waals surface area (Å²) < 4.78 is 4.37. The van der Waals surface area contributed by atoms with Crippen LogP contribution < -0.4 is 0 Å². The molecule has 20 heavy (non-hydrogen) atoms. The van der Waals surface area contributed by atoms with Crippen molar-refractivity contribution in [3.63, 3.8) is 0 Å². The lowest BCUT2D eigenvalue weighted by molar-refractivity contribution is 0.786. The maximum Gasteiger partial charge on any atom is 0.0870 e. The van der Waals surface area contributed by atoms with E-state index in [1.807, 2.05) is 45.3 Å². The van der Waals surface area contributed by atoms with Crippen LogP contribution in [0.25, 0.3) is 18.8 Å². The van der Waals surface area contributed by atoms with Gasteiger partial charge in [0, 0.05) is 29.4 Å². The van der Waals surface area contributed by atoms with Crippen LogP contribution in [0.2, 0.25) is 0 Å². The van der Waals surface area contributed by atoms with E-state index in [9.17, 15) is 0 Å². The topological polar surface area (TPSA) is 0 Å². The van der Waals surface area contributed by atoms with Gasteiger partial charge in [-0.1, -0.05) is 6.92 Å². The van der Waals surface area contributed by atoms with Crippen molar-refractivity contribution in [1.82, 2.24) is 0 Å². The predicted molar refractivity (Wildman–Crippen MR) is 96.3 cm³/mol. The molecule has 4 heteroatoms. The molecular formula is C16H14S4. The summed E-state index contributed by atoms with van der Waals surface area (Å²) in [5.74, 6) is 0.619. The van der Waals surface area contributed by atoms with Gasteiger partial charge in [-0.15, -0.1) is 45.3 Å². The molecule has 4 heterocycles. The molecule has 4 aromatic heterocycles. The van der Waals surface area contributed by atoms with Crippen molar-refractivity contribution in [2.75, 3.05) is 0 Å². The lowest BCUT2D eigenvalue weighted by atomic mass is 10.1. The van der Waals surface area contributed by atoms with Crippen molar-refractivity contribution in [3.05, 3.63) is 44.3 Å². The predicted octanol–water partition coefficient (Wildman–Crippen LogP) is 6.89. The summed E-state index contributed by atoms with van der Waals surface area (Å²) in [5, 5.41) is 3.62. The molecule has 0 spiro atoms. The van der Waals surface area contributed by atoms with Crippen LogP contribution in [0, 0.1) is 6.92 Å². The fourth-order valence-corrected chi connectivity index (χ4v) is 7.31. The minimum Gasteiger partial charge on any atom is -0.143 e. The van der Waals surface area contributed by atoms with E-state index in [0.29, 0.717) is 5.92 Å². The van der Waals surface area contributed by atoms with Crippen molar-refractivity contribution < 1.29 is 0 Å². The number of thiophene rings is 4. The van der Waals surface area contributed by atoms with Crippen LogP contribution in [0.5, 0.6) is 0 Å². The summed E-state index contributed by atoms with van der Waals surface area (Å²) in [6.45, 7) is 4.55. The Bertz CT molecular complexity index is 811. The molecule has 0 aliphatic rings. The van der Waals surface area contributed by atoms with Gasteiger partial charge in [-0.2, -0.15) is 0 Å². The van der Waals surface area contributed by atoms with Crippen molar-refractivity contribution in [2.24, 2.45) is 0 Å². The van der Waals surface area contributed by atoms with Gasteiger partial charge in [-0.3, -0.25) is 0 Å². The molecule has 1 atom stereocenters. The normalized spacial score (nSPS) is 13.5. The molecule has 0 aromatic carbocycles. The second-order valence-electron chi connectivity index (χ2n) is 5.22. The fraction of sp³-hybridized carbons (Fsp3) is 0.250. The molecule has 0 amide bonds. The minimum absolute atomic E-state index is 0.619.